The molecule has 5 nitrogen and oxygen atoms in total. The highest BCUT2D eigenvalue weighted by atomic mass is 16.2. The molecule has 0 atom stereocenters. The van der Waals surface area contributed by atoms with E-state index in [1.165, 1.54) is 19.3 Å². The Labute approximate surface area is 114 Å². The molecule has 2 fully saturated rings. The summed E-state index contributed by atoms with van der Waals surface area (Å²) in [5.74, 6) is 1.66. The van der Waals surface area contributed by atoms with Crippen molar-refractivity contribution in [3.63, 3.8) is 0 Å². The molecule has 2 aliphatic heterocycles. The van der Waals surface area contributed by atoms with Gasteiger partial charge in [-0.1, -0.05) is 0 Å². The number of aromatic nitrogens is 2. The Balaban J connectivity index is 1.47. The van der Waals surface area contributed by atoms with Crippen LogP contribution in [0.1, 0.15) is 25.1 Å². The van der Waals surface area contributed by atoms with E-state index in [2.05, 4.69) is 14.8 Å². The summed E-state index contributed by atoms with van der Waals surface area (Å²) in [6.45, 7) is 4.57. The molecule has 0 bridgehead atoms. The minimum atomic E-state index is 0.221. The zero-order valence-electron chi connectivity index (χ0n) is 11.6. The monoisotopic (exact) mass is 262 g/mol. The lowest BCUT2D eigenvalue weighted by atomic mass is 9.97. The van der Waals surface area contributed by atoms with Crippen molar-refractivity contribution in [2.24, 2.45) is 13.0 Å². The maximum Gasteiger partial charge on any atom is 0.228 e. The highest BCUT2D eigenvalue weighted by Crippen LogP contribution is 2.22. The number of carbonyl (C=O) groups is 1. The molecule has 1 aromatic rings. The molecule has 1 amide bonds. The number of rotatable bonds is 3. The Kier molecular flexibility index (Phi) is 3.55. The van der Waals surface area contributed by atoms with E-state index in [1.807, 2.05) is 24.0 Å². The number of amides is 1. The van der Waals surface area contributed by atoms with Crippen LogP contribution in [0.5, 0.6) is 0 Å². The van der Waals surface area contributed by atoms with Crippen molar-refractivity contribution in [2.45, 2.75) is 25.8 Å². The average Bonchev–Trinajstić information content (AvgIpc) is 2.79. The number of likely N-dealkylation sites (tertiary alicyclic amines) is 2. The molecule has 0 N–H and O–H groups in total. The Morgan fingerprint density at radius 3 is 2.68 bits per heavy atom. The van der Waals surface area contributed by atoms with Crippen LogP contribution in [0.4, 0.5) is 0 Å². The van der Waals surface area contributed by atoms with Crippen LogP contribution in [0.3, 0.4) is 0 Å². The second-order valence-electron chi connectivity index (χ2n) is 5.73. The maximum absolute atomic E-state index is 12.3. The molecule has 0 unspecified atom stereocenters. The van der Waals surface area contributed by atoms with Crippen LogP contribution in [0.2, 0.25) is 0 Å². The first-order chi connectivity index (χ1) is 9.24. The Morgan fingerprint density at radius 1 is 1.32 bits per heavy atom. The molecule has 3 heterocycles. The number of imidazole rings is 1. The molecule has 0 radical (unpaired) electrons. The van der Waals surface area contributed by atoms with Gasteiger partial charge in [0.1, 0.15) is 5.82 Å². The molecule has 19 heavy (non-hydrogen) atoms. The van der Waals surface area contributed by atoms with Crippen LogP contribution in [-0.4, -0.2) is 51.4 Å². The smallest absolute Gasteiger partial charge is 0.228 e. The van der Waals surface area contributed by atoms with Gasteiger partial charge in [0.25, 0.3) is 0 Å². The van der Waals surface area contributed by atoms with Crippen LogP contribution in [0.15, 0.2) is 12.4 Å². The first kappa shape index (κ1) is 12.7. The fourth-order valence-electron chi connectivity index (χ4n) is 2.98. The molecule has 5 heteroatoms. The summed E-state index contributed by atoms with van der Waals surface area (Å²) >= 11 is 0. The summed E-state index contributed by atoms with van der Waals surface area (Å²) in [6.07, 6.45) is 7.42. The lowest BCUT2D eigenvalue weighted by Crippen LogP contribution is -2.54. The number of piperidine rings is 1. The molecule has 0 aromatic carbocycles. The summed E-state index contributed by atoms with van der Waals surface area (Å²) in [4.78, 5) is 21.0. The third-order valence-corrected chi connectivity index (χ3v) is 4.26. The van der Waals surface area contributed by atoms with Gasteiger partial charge in [0, 0.05) is 45.6 Å². The van der Waals surface area contributed by atoms with Gasteiger partial charge >= 0.3 is 0 Å². The highest BCUT2D eigenvalue weighted by molar-refractivity contribution is 5.80. The highest BCUT2D eigenvalue weighted by Gasteiger charge is 2.35. The second-order valence-corrected chi connectivity index (χ2v) is 5.73. The lowest BCUT2D eigenvalue weighted by molar-refractivity contribution is -0.142. The van der Waals surface area contributed by atoms with Gasteiger partial charge in [-0.15, -0.1) is 0 Å². The van der Waals surface area contributed by atoms with Crippen molar-refractivity contribution in [3.8, 4) is 0 Å². The van der Waals surface area contributed by atoms with Gasteiger partial charge in [0.2, 0.25) is 5.91 Å². The summed E-state index contributed by atoms with van der Waals surface area (Å²) in [5, 5.41) is 0. The van der Waals surface area contributed by atoms with Crippen molar-refractivity contribution in [1.82, 2.24) is 19.4 Å². The number of hydrogen-bond acceptors (Lipinski definition) is 3. The molecule has 0 spiro atoms. The summed E-state index contributed by atoms with van der Waals surface area (Å²) in [6, 6.07) is 0. The molecule has 3 rings (SSSR count). The van der Waals surface area contributed by atoms with Crippen molar-refractivity contribution < 1.29 is 4.79 Å². The van der Waals surface area contributed by atoms with Gasteiger partial charge in [-0.3, -0.25) is 9.69 Å². The molecule has 104 valence electrons. The first-order valence-corrected chi connectivity index (χ1v) is 7.21. The van der Waals surface area contributed by atoms with E-state index in [-0.39, 0.29) is 5.92 Å². The van der Waals surface area contributed by atoms with Gasteiger partial charge in [-0.05, 0) is 19.3 Å². The van der Waals surface area contributed by atoms with Gasteiger partial charge in [-0.25, -0.2) is 4.98 Å². The zero-order valence-corrected chi connectivity index (χ0v) is 11.6. The third kappa shape index (κ3) is 2.66. The van der Waals surface area contributed by atoms with Crippen LogP contribution in [0.25, 0.3) is 0 Å². The van der Waals surface area contributed by atoms with E-state index >= 15 is 0 Å². The van der Waals surface area contributed by atoms with E-state index in [9.17, 15) is 4.79 Å². The second kappa shape index (κ2) is 5.33. The molecular weight excluding hydrogens is 240 g/mol. The van der Waals surface area contributed by atoms with Gasteiger partial charge in [0.05, 0.1) is 12.5 Å². The van der Waals surface area contributed by atoms with Crippen molar-refractivity contribution in [1.29, 1.82) is 0 Å². The number of aryl methyl sites for hydroxylation is 1. The Bertz CT molecular complexity index is 444. The Hall–Kier alpha value is -1.36. The molecule has 2 aliphatic rings. The number of carbonyl (C=O) groups excluding carboxylic acids is 1. The predicted molar refractivity (Wildman–Crippen MR) is 72.4 cm³/mol. The fourth-order valence-corrected chi connectivity index (χ4v) is 2.98. The average molecular weight is 262 g/mol. The molecule has 2 saturated heterocycles. The SMILES string of the molecule is Cn1ccnc1CN1CC(C(=O)N2CCCCC2)C1. The van der Waals surface area contributed by atoms with Gasteiger partial charge < -0.3 is 9.47 Å². The topological polar surface area (TPSA) is 41.4 Å². The normalized spacial score (nSPS) is 21.4. The quantitative estimate of drug-likeness (QED) is 0.811. The van der Waals surface area contributed by atoms with Crippen LogP contribution < -0.4 is 0 Å². The van der Waals surface area contributed by atoms with E-state index in [0.29, 0.717) is 5.91 Å². The molecular formula is C14H22N4O. The van der Waals surface area contributed by atoms with Gasteiger partial charge in [-0.2, -0.15) is 0 Å². The number of hydrogen-bond donors (Lipinski definition) is 0. The lowest BCUT2D eigenvalue weighted by Gasteiger charge is -2.41. The van der Waals surface area contributed by atoms with Crippen molar-refractivity contribution >= 4 is 5.91 Å². The standard InChI is InChI=1S/C14H22N4O/c1-16-8-5-15-13(16)11-17-9-12(10-17)14(19)18-6-3-2-4-7-18/h5,8,12H,2-4,6-7,9-11H2,1H3. The largest absolute Gasteiger partial charge is 0.342 e. The van der Waals surface area contributed by atoms with Gasteiger partial charge in [0.15, 0.2) is 0 Å². The van der Waals surface area contributed by atoms with Crippen molar-refractivity contribution in [3.05, 3.63) is 18.2 Å². The minimum absolute atomic E-state index is 0.221. The summed E-state index contributed by atoms with van der Waals surface area (Å²) < 4.78 is 2.04. The minimum Gasteiger partial charge on any atom is -0.342 e. The molecule has 0 saturated carbocycles. The molecule has 0 aliphatic carbocycles. The predicted octanol–water partition coefficient (Wildman–Crippen LogP) is 0.864. The van der Waals surface area contributed by atoms with E-state index in [0.717, 1.165) is 38.5 Å². The van der Waals surface area contributed by atoms with Crippen LogP contribution in [0, 0.1) is 5.92 Å². The van der Waals surface area contributed by atoms with Crippen molar-refractivity contribution in [2.75, 3.05) is 26.2 Å². The maximum atomic E-state index is 12.3. The zero-order chi connectivity index (χ0) is 13.2. The van der Waals surface area contributed by atoms with E-state index < -0.39 is 0 Å². The van der Waals surface area contributed by atoms with Crippen LogP contribution >= 0.6 is 0 Å². The Morgan fingerprint density at radius 2 is 2.05 bits per heavy atom. The molecule has 1 aromatic heterocycles. The third-order valence-electron chi connectivity index (χ3n) is 4.26. The summed E-state index contributed by atoms with van der Waals surface area (Å²) in [5.41, 5.74) is 0. The summed E-state index contributed by atoms with van der Waals surface area (Å²) in [7, 11) is 2.01. The number of nitrogens with zero attached hydrogens (tertiary/aromatic N) is 4. The van der Waals surface area contributed by atoms with E-state index in [4.69, 9.17) is 0 Å². The van der Waals surface area contributed by atoms with Crippen LogP contribution in [-0.2, 0) is 18.4 Å². The first-order valence-electron chi connectivity index (χ1n) is 7.21. The fraction of sp³-hybridized carbons (Fsp3) is 0.714. The van der Waals surface area contributed by atoms with E-state index in [1.54, 1.807) is 0 Å².